The number of hydrogen-bond acceptors (Lipinski definition) is 6. The van der Waals surface area contributed by atoms with Crippen molar-refractivity contribution >= 4 is 32.4 Å². The van der Waals surface area contributed by atoms with Gasteiger partial charge in [-0.05, 0) is 49.1 Å². The van der Waals surface area contributed by atoms with Crippen LogP contribution in [0.2, 0.25) is 0 Å². The van der Waals surface area contributed by atoms with Gasteiger partial charge in [0, 0.05) is 30.2 Å². The highest BCUT2D eigenvalue weighted by molar-refractivity contribution is 8.24. The van der Waals surface area contributed by atoms with Gasteiger partial charge in [-0.25, -0.2) is 22.0 Å². The Hall–Kier alpha value is -3.16. The van der Waals surface area contributed by atoms with Crippen LogP contribution in [0.3, 0.4) is 0 Å². The van der Waals surface area contributed by atoms with E-state index in [2.05, 4.69) is 5.32 Å². The maximum atomic E-state index is 14.7. The summed E-state index contributed by atoms with van der Waals surface area (Å²) in [6, 6.07) is 4.73. The van der Waals surface area contributed by atoms with Crippen LogP contribution in [0.15, 0.2) is 53.4 Å². The minimum atomic E-state index is -6.44. The average molecular weight is 695 g/mol. The monoisotopic (exact) mass is 694 g/mol. The summed E-state index contributed by atoms with van der Waals surface area (Å²) in [7, 11) is -7.88. The normalized spacial score (nSPS) is 22.9. The summed E-state index contributed by atoms with van der Waals surface area (Å²) < 4.78 is 154. The van der Waals surface area contributed by atoms with Crippen molar-refractivity contribution in [2.75, 3.05) is 24.6 Å². The van der Waals surface area contributed by atoms with E-state index in [1.165, 1.54) is 0 Å². The molecular weight excluding hydrogens is 668 g/mol. The van der Waals surface area contributed by atoms with Crippen molar-refractivity contribution in [3.63, 3.8) is 0 Å². The number of carboxylic acid groups (broad SMARTS) is 1. The molecule has 2 fully saturated rings. The molecule has 2 saturated heterocycles. The van der Waals surface area contributed by atoms with Crippen LogP contribution in [0, 0.1) is 5.82 Å². The number of benzene rings is 2. The number of nitrogens with one attached hydrogen (secondary N) is 1. The molecule has 4 rings (SSSR count). The van der Waals surface area contributed by atoms with E-state index < -0.39 is 102 Å². The number of sulfone groups is 1. The second-order valence-corrected chi connectivity index (χ2v) is 15.6. The van der Waals surface area contributed by atoms with Gasteiger partial charge in [0.15, 0.2) is 9.84 Å². The van der Waals surface area contributed by atoms with Crippen LogP contribution in [0.1, 0.15) is 30.4 Å². The van der Waals surface area contributed by atoms with Gasteiger partial charge in [0.1, 0.15) is 16.1 Å². The molecule has 0 aliphatic carbocycles. The summed E-state index contributed by atoms with van der Waals surface area (Å²) in [6.45, 7) is -1.19. The third-order valence-corrected chi connectivity index (χ3v) is 12.4. The Morgan fingerprint density at radius 2 is 1.36 bits per heavy atom. The molecule has 0 aromatic heterocycles. The van der Waals surface area contributed by atoms with Gasteiger partial charge in [0.05, 0.1) is 4.90 Å². The molecule has 0 bridgehead atoms. The number of alkyl halides is 7. The fourth-order valence-electron chi connectivity index (χ4n) is 5.70. The van der Waals surface area contributed by atoms with Crippen LogP contribution < -0.4 is 5.32 Å². The van der Waals surface area contributed by atoms with Crippen LogP contribution >= 0.6 is 10.6 Å². The molecule has 2 aromatic rings. The second-order valence-electron chi connectivity index (χ2n) is 10.9. The summed E-state index contributed by atoms with van der Waals surface area (Å²) in [5.41, 5.74) is -10.0. The van der Waals surface area contributed by atoms with Gasteiger partial charge in [-0.2, -0.15) is 36.9 Å². The van der Waals surface area contributed by atoms with Crippen LogP contribution in [0.4, 0.5) is 39.9 Å². The van der Waals surface area contributed by atoms with Crippen LogP contribution in [0.25, 0.3) is 0 Å². The van der Waals surface area contributed by atoms with Crippen molar-refractivity contribution in [2.24, 2.45) is 0 Å². The predicted molar refractivity (Wildman–Crippen MR) is 144 cm³/mol. The highest BCUT2D eigenvalue weighted by Gasteiger charge is 2.73. The minimum absolute atomic E-state index is 0.141. The second kappa shape index (κ2) is 11.3. The Morgan fingerprint density at radius 1 is 0.844 bits per heavy atom. The topological polar surface area (TPSA) is 144 Å². The highest BCUT2D eigenvalue weighted by atomic mass is 32.3. The van der Waals surface area contributed by atoms with Gasteiger partial charge in [-0.15, -0.1) is 0 Å². The lowest BCUT2D eigenvalue weighted by Gasteiger charge is -2.46. The quantitative estimate of drug-likeness (QED) is 0.229. The molecule has 45 heavy (non-hydrogen) atoms. The molecule has 0 radical (unpaired) electrons. The Morgan fingerprint density at radius 3 is 1.82 bits per heavy atom. The number of likely N-dealkylation sites (tertiary alicyclic amines) is 1. The van der Waals surface area contributed by atoms with E-state index in [9.17, 15) is 67.3 Å². The summed E-state index contributed by atoms with van der Waals surface area (Å²) in [4.78, 5) is 25.8. The molecule has 1 atom stereocenters. The molecule has 1 unspecified atom stereocenters. The molecular formula is C26H26F8N2O7S2. The lowest BCUT2D eigenvalue weighted by molar-refractivity contribution is -0.348. The van der Waals surface area contributed by atoms with E-state index in [4.69, 9.17) is 0 Å². The highest BCUT2D eigenvalue weighted by Crippen LogP contribution is 2.54. The number of nitrogens with zero attached hydrogens (tertiary/aromatic N) is 1. The Balaban J connectivity index is 1.82. The number of carbonyl (C=O) groups excluding carboxylic acids is 1. The van der Waals surface area contributed by atoms with E-state index in [0.29, 0.717) is 12.1 Å². The van der Waals surface area contributed by atoms with Crippen molar-refractivity contribution in [3.8, 4) is 0 Å². The standard InChI is InChI=1S/C26H26F8N2O7S2/c27-18-5-7-19(8-6-18)45(42,43)23(16-1-3-17(4-2-16)24(28,25(29,30)31)26(32,33)34)9-12-36(15-23)20(37)22(35-21(38)39)10-13-44(40,41)14-11-22/h1-8,35,40-41H,9-15H2,(H,38,39). The van der Waals surface area contributed by atoms with Crippen molar-refractivity contribution in [3.05, 3.63) is 65.5 Å². The Kier molecular flexibility index (Phi) is 8.69. The first-order valence-corrected chi connectivity index (χ1v) is 16.4. The maximum absolute atomic E-state index is 14.7. The van der Waals surface area contributed by atoms with Gasteiger partial charge in [0.2, 0.25) is 5.91 Å². The third kappa shape index (κ3) is 5.94. The third-order valence-electron chi connectivity index (χ3n) is 8.21. The van der Waals surface area contributed by atoms with Crippen molar-refractivity contribution in [2.45, 2.75) is 52.5 Å². The minimum Gasteiger partial charge on any atom is -0.465 e. The number of halogens is 8. The van der Waals surface area contributed by atoms with Gasteiger partial charge in [-0.3, -0.25) is 13.9 Å². The first kappa shape index (κ1) is 34.7. The summed E-state index contributed by atoms with van der Waals surface area (Å²) in [6.07, 6.45) is -15.8. The maximum Gasteiger partial charge on any atom is 0.435 e. The molecule has 19 heteroatoms. The van der Waals surface area contributed by atoms with Gasteiger partial charge >= 0.3 is 24.1 Å². The molecule has 2 heterocycles. The zero-order chi connectivity index (χ0) is 33.9. The molecule has 2 aromatic carbocycles. The van der Waals surface area contributed by atoms with E-state index in [-0.39, 0.29) is 36.5 Å². The van der Waals surface area contributed by atoms with Gasteiger partial charge in [-0.1, -0.05) is 24.3 Å². The van der Waals surface area contributed by atoms with Crippen molar-refractivity contribution < 1.29 is 67.3 Å². The van der Waals surface area contributed by atoms with E-state index >= 15 is 0 Å². The molecule has 2 amide bonds. The van der Waals surface area contributed by atoms with Crippen molar-refractivity contribution in [1.29, 1.82) is 0 Å². The zero-order valence-corrected chi connectivity index (χ0v) is 24.5. The van der Waals surface area contributed by atoms with Crippen LogP contribution in [-0.2, 0) is 25.0 Å². The molecule has 2 aliphatic heterocycles. The molecule has 250 valence electrons. The molecule has 0 saturated carbocycles. The summed E-state index contributed by atoms with van der Waals surface area (Å²) >= 11 is 0. The largest absolute Gasteiger partial charge is 0.465 e. The van der Waals surface area contributed by atoms with E-state index in [1.807, 2.05) is 0 Å². The fourth-order valence-corrected chi connectivity index (χ4v) is 9.33. The van der Waals surface area contributed by atoms with Gasteiger partial charge in [0.25, 0.3) is 0 Å². The molecule has 2 aliphatic rings. The SMILES string of the molecule is O=C(O)NC1(C(=O)N2CCC(c3ccc(C(F)(C(F)(F)F)C(F)(F)F)cc3)(S(=O)(=O)c3ccc(F)cc3)C2)CCS(O)(O)CC1. The lowest BCUT2D eigenvalue weighted by Crippen LogP contribution is -2.62. The number of amides is 2. The molecule has 0 spiro atoms. The summed E-state index contributed by atoms with van der Waals surface area (Å²) in [5.74, 6) is -2.52. The Bertz CT molecular complexity index is 1540. The Labute approximate surface area is 252 Å². The van der Waals surface area contributed by atoms with E-state index in [1.54, 1.807) is 0 Å². The average Bonchev–Trinajstić information content (AvgIpc) is 3.40. The number of carbonyl (C=O) groups is 2. The smallest absolute Gasteiger partial charge is 0.435 e. The van der Waals surface area contributed by atoms with Crippen LogP contribution in [-0.4, -0.2) is 82.0 Å². The predicted octanol–water partition coefficient (Wildman–Crippen LogP) is 5.57. The lowest BCUT2D eigenvalue weighted by atomic mass is 9.89. The number of rotatable bonds is 6. The molecule has 4 N–H and O–H groups in total. The first-order valence-electron chi connectivity index (χ1n) is 13.0. The number of hydrogen-bond donors (Lipinski definition) is 4. The summed E-state index contributed by atoms with van der Waals surface area (Å²) in [5, 5.41) is 11.5. The van der Waals surface area contributed by atoms with Gasteiger partial charge < -0.3 is 15.3 Å². The molecule has 9 nitrogen and oxygen atoms in total. The fraction of sp³-hybridized carbons (Fsp3) is 0.462. The van der Waals surface area contributed by atoms with Crippen LogP contribution in [0.5, 0.6) is 0 Å². The van der Waals surface area contributed by atoms with Crippen molar-refractivity contribution in [1.82, 2.24) is 10.2 Å². The zero-order valence-electron chi connectivity index (χ0n) is 22.8. The first-order chi connectivity index (χ1) is 20.5. The van der Waals surface area contributed by atoms with E-state index in [0.717, 1.165) is 29.2 Å².